The molecule has 0 aliphatic heterocycles. The maximum atomic E-state index is 4.35. The first-order valence-electron chi connectivity index (χ1n) is 4.52. The number of fused-ring (bicyclic) bond motifs is 3. The molecular formula is C11H9N3. The minimum absolute atomic E-state index is 1.02. The summed E-state index contributed by atoms with van der Waals surface area (Å²) in [7, 11) is 1.93. The molecule has 3 rings (SSSR count). The maximum absolute atomic E-state index is 4.35. The molecule has 0 spiro atoms. The van der Waals surface area contributed by atoms with Crippen molar-refractivity contribution in [3.63, 3.8) is 0 Å². The zero-order valence-electron chi connectivity index (χ0n) is 7.81. The van der Waals surface area contributed by atoms with Gasteiger partial charge in [-0.05, 0) is 18.2 Å². The van der Waals surface area contributed by atoms with E-state index in [4.69, 9.17) is 0 Å². The molecule has 3 heteroatoms. The molecule has 0 aliphatic carbocycles. The summed E-state index contributed by atoms with van der Waals surface area (Å²) in [4.78, 5) is 4.30. The molecule has 0 unspecified atom stereocenters. The fourth-order valence-corrected chi connectivity index (χ4v) is 1.77. The molecular weight excluding hydrogens is 174 g/mol. The minimum atomic E-state index is 1.02. The summed E-state index contributed by atoms with van der Waals surface area (Å²) in [6, 6.07) is 8.04. The maximum Gasteiger partial charge on any atom is 0.0930 e. The van der Waals surface area contributed by atoms with Crippen LogP contribution < -0.4 is 0 Å². The summed E-state index contributed by atoms with van der Waals surface area (Å²) in [6.07, 6.45) is 3.84. The van der Waals surface area contributed by atoms with Gasteiger partial charge >= 0.3 is 0 Å². The summed E-state index contributed by atoms with van der Waals surface area (Å²) < 4.78 is 1.83. The van der Waals surface area contributed by atoms with Crippen molar-refractivity contribution in [3.05, 3.63) is 36.7 Å². The van der Waals surface area contributed by atoms with E-state index in [2.05, 4.69) is 16.1 Å². The summed E-state index contributed by atoms with van der Waals surface area (Å²) in [5, 5.41) is 6.68. The SMILES string of the molecule is Cn1cc2c(ccc3ncccc32)n1. The summed E-state index contributed by atoms with van der Waals surface area (Å²) >= 11 is 0. The quantitative estimate of drug-likeness (QED) is 0.534. The van der Waals surface area contributed by atoms with Crippen molar-refractivity contribution in [3.8, 4) is 0 Å². The smallest absolute Gasteiger partial charge is 0.0930 e. The van der Waals surface area contributed by atoms with Gasteiger partial charge in [-0.15, -0.1) is 0 Å². The molecule has 0 amide bonds. The molecule has 0 bridgehead atoms. The van der Waals surface area contributed by atoms with Crippen LogP contribution in [-0.4, -0.2) is 14.8 Å². The van der Waals surface area contributed by atoms with Gasteiger partial charge in [0.25, 0.3) is 0 Å². The molecule has 1 aromatic carbocycles. The van der Waals surface area contributed by atoms with Gasteiger partial charge in [0, 0.05) is 30.2 Å². The molecule has 0 aliphatic rings. The van der Waals surface area contributed by atoms with Crippen LogP contribution in [0.3, 0.4) is 0 Å². The van der Waals surface area contributed by atoms with Crippen molar-refractivity contribution in [1.29, 1.82) is 0 Å². The van der Waals surface area contributed by atoms with Crippen molar-refractivity contribution in [2.45, 2.75) is 0 Å². The zero-order valence-corrected chi connectivity index (χ0v) is 7.81. The molecule has 2 aromatic heterocycles. The van der Waals surface area contributed by atoms with E-state index in [-0.39, 0.29) is 0 Å². The van der Waals surface area contributed by atoms with Crippen molar-refractivity contribution in [2.24, 2.45) is 7.05 Å². The minimum Gasteiger partial charge on any atom is -0.275 e. The van der Waals surface area contributed by atoms with Gasteiger partial charge in [-0.2, -0.15) is 5.10 Å². The van der Waals surface area contributed by atoms with Crippen LogP contribution in [0.4, 0.5) is 0 Å². The molecule has 3 nitrogen and oxygen atoms in total. The average Bonchev–Trinajstić information content (AvgIpc) is 2.59. The van der Waals surface area contributed by atoms with E-state index in [0.29, 0.717) is 0 Å². The van der Waals surface area contributed by atoms with Crippen LogP contribution in [0.15, 0.2) is 36.7 Å². The number of hydrogen-bond donors (Lipinski definition) is 0. The van der Waals surface area contributed by atoms with E-state index in [1.165, 1.54) is 0 Å². The van der Waals surface area contributed by atoms with E-state index in [1.807, 2.05) is 42.3 Å². The highest BCUT2D eigenvalue weighted by Crippen LogP contribution is 2.22. The first-order chi connectivity index (χ1) is 6.84. The molecule has 68 valence electrons. The van der Waals surface area contributed by atoms with Gasteiger partial charge < -0.3 is 0 Å². The third kappa shape index (κ3) is 0.923. The first-order valence-corrected chi connectivity index (χ1v) is 4.52. The molecule has 3 aromatic rings. The number of benzene rings is 1. The Hall–Kier alpha value is -1.90. The third-order valence-corrected chi connectivity index (χ3v) is 2.39. The topological polar surface area (TPSA) is 30.7 Å². The van der Waals surface area contributed by atoms with E-state index in [9.17, 15) is 0 Å². The Labute approximate surface area is 81.0 Å². The van der Waals surface area contributed by atoms with Gasteiger partial charge in [-0.25, -0.2) is 0 Å². The van der Waals surface area contributed by atoms with Crippen LogP contribution in [0.2, 0.25) is 0 Å². The van der Waals surface area contributed by atoms with Gasteiger partial charge in [0.1, 0.15) is 0 Å². The van der Waals surface area contributed by atoms with Crippen LogP contribution in [0.25, 0.3) is 21.8 Å². The van der Waals surface area contributed by atoms with Crippen LogP contribution >= 0.6 is 0 Å². The van der Waals surface area contributed by atoms with Crippen LogP contribution in [0.5, 0.6) is 0 Å². The van der Waals surface area contributed by atoms with Gasteiger partial charge in [0.2, 0.25) is 0 Å². The third-order valence-electron chi connectivity index (χ3n) is 2.39. The molecule has 0 fully saturated rings. The molecule has 0 saturated carbocycles. The Bertz CT molecular complexity index is 610. The molecule has 0 radical (unpaired) electrons. The number of pyridine rings is 1. The second-order valence-electron chi connectivity index (χ2n) is 3.37. The van der Waals surface area contributed by atoms with Gasteiger partial charge in [0.05, 0.1) is 11.0 Å². The number of aromatic nitrogens is 3. The van der Waals surface area contributed by atoms with Crippen molar-refractivity contribution >= 4 is 21.8 Å². The molecule has 0 N–H and O–H groups in total. The lowest BCUT2D eigenvalue weighted by Crippen LogP contribution is -1.84. The number of hydrogen-bond acceptors (Lipinski definition) is 2. The molecule has 0 saturated heterocycles. The monoisotopic (exact) mass is 183 g/mol. The fraction of sp³-hybridized carbons (Fsp3) is 0.0909. The summed E-state index contributed by atoms with van der Waals surface area (Å²) in [5.41, 5.74) is 2.04. The van der Waals surface area contributed by atoms with Gasteiger partial charge in [-0.3, -0.25) is 9.67 Å². The van der Waals surface area contributed by atoms with E-state index >= 15 is 0 Å². The van der Waals surface area contributed by atoms with Crippen molar-refractivity contribution in [2.75, 3.05) is 0 Å². The fourth-order valence-electron chi connectivity index (χ4n) is 1.77. The standard InChI is InChI=1S/C11H9N3/c1-14-7-9-8-3-2-6-12-10(8)4-5-11(9)13-14/h2-7H,1H3. The van der Waals surface area contributed by atoms with Crippen molar-refractivity contribution in [1.82, 2.24) is 14.8 Å². The highest BCUT2D eigenvalue weighted by atomic mass is 15.2. The van der Waals surface area contributed by atoms with E-state index < -0.39 is 0 Å². The van der Waals surface area contributed by atoms with Crippen molar-refractivity contribution < 1.29 is 0 Å². The van der Waals surface area contributed by atoms with E-state index in [0.717, 1.165) is 21.8 Å². The van der Waals surface area contributed by atoms with Crippen LogP contribution in [0, 0.1) is 0 Å². The highest BCUT2D eigenvalue weighted by Gasteiger charge is 2.02. The lowest BCUT2D eigenvalue weighted by atomic mass is 10.1. The number of aryl methyl sites for hydroxylation is 1. The Morgan fingerprint density at radius 3 is 2.86 bits per heavy atom. The largest absolute Gasteiger partial charge is 0.275 e. The molecule has 14 heavy (non-hydrogen) atoms. The predicted molar refractivity (Wildman–Crippen MR) is 56.0 cm³/mol. The Morgan fingerprint density at radius 2 is 1.93 bits per heavy atom. The Balaban J connectivity index is 2.60. The lowest BCUT2D eigenvalue weighted by molar-refractivity contribution is 0.780. The summed E-state index contributed by atoms with van der Waals surface area (Å²) in [6.45, 7) is 0. The average molecular weight is 183 g/mol. The van der Waals surface area contributed by atoms with E-state index in [1.54, 1.807) is 0 Å². The molecule has 2 heterocycles. The number of nitrogens with zero attached hydrogens (tertiary/aromatic N) is 3. The Morgan fingerprint density at radius 1 is 1.07 bits per heavy atom. The second-order valence-corrected chi connectivity index (χ2v) is 3.37. The van der Waals surface area contributed by atoms with Gasteiger partial charge in [0.15, 0.2) is 0 Å². The first kappa shape index (κ1) is 7.50. The normalized spacial score (nSPS) is 11.2. The van der Waals surface area contributed by atoms with Crippen LogP contribution in [-0.2, 0) is 7.05 Å². The highest BCUT2D eigenvalue weighted by molar-refractivity contribution is 6.04. The lowest BCUT2D eigenvalue weighted by Gasteiger charge is -1.95. The zero-order chi connectivity index (χ0) is 9.54. The van der Waals surface area contributed by atoms with Crippen LogP contribution in [0.1, 0.15) is 0 Å². The summed E-state index contributed by atoms with van der Waals surface area (Å²) in [5.74, 6) is 0. The predicted octanol–water partition coefficient (Wildman–Crippen LogP) is 2.12. The molecule has 0 atom stereocenters. The number of rotatable bonds is 0. The van der Waals surface area contributed by atoms with Gasteiger partial charge in [-0.1, -0.05) is 6.07 Å². The second kappa shape index (κ2) is 2.54. The Kier molecular flexibility index (Phi) is 1.36.